The van der Waals surface area contributed by atoms with E-state index in [9.17, 15) is 5.11 Å². The topological polar surface area (TPSA) is 32.3 Å². The van der Waals surface area contributed by atoms with E-state index in [1.807, 2.05) is 0 Å². The largest absolute Gasteiger partial charge is 0.392 e. The van der Waals surface area contributed by atoms with Crippen molar-refractivity contribution in [2.75, 3.05) is 0 Å². The van der Waals surface area contributed by atoms with Crippen molar-refractivity contribution < 1.29 is 5.11 Å². The van der Waals surface area contributed by atoms with Crippen molar-refractivity contribution in [3.63, 3.8) is 0 Å². The molecule has 1 aliphatic rings. The van der Waals surface area contributed by atoms with Crippen LogP contribution in [0.4, 0.5) is 0 Å². The van der Waals surface area contributed by atoms with Gasteiger partial charge in [-0.15, -0.1) is 0 Å². The van der Waals surface area contributed by atoms with Crippen LogP contribution in [0.3, 0.4) is 0 Å². The summed E-state index contributed by atoms with van der Waals surface area (Å²) in [6, 6.07) is 6.82. The van der Waals surface area contributed by atoms with Crippen LogP contribution >= 0.6 is 15.9 Å². The average molecular weight is 298 g/mol. The van der Waals surface area contributed by atoms with Gasteiger partial charge in [-0.25, -0.2) is 0 Å². The molecule has 0 saturated heterocycles. The first-order valence-electron chi connectivity index (χ1n) is 6.07. The lowest BCUT2D eigenvalue weighted by Crippen LogP contribution is -2.59. The molecular weight excluding hydrogens is 278 g/mol. The number of nitrogens with one attached hydrogen (secondary N) is 1. The Balaban J connectivity index is 1.95. The third-order valence-corrected chi connectivity index (χ3v) is 4.70. The minimum atomic E-state index is -0.165. The Labute approximate surface area is 112 Å². The van der Waals surface area contributed by atoms with Gasteiger partial charge in [0.25, 0.3) is 0 Å². The van der Waals surface area contributed by atoms with Gasteiger partial charge in [0, 0.05) is 22.5 Å². The van der Waals surface area contributed by atoms with Crippen LogP contribution < -0.4 is 5.32 Å². The summed E-state index contributed by atoms with van der Waals surface area (Å²) in [5.74, 6) is 0. The third-order valence-electron chi connectivity index (χ3n) is 3.96. The van der Waals surface area contributed by atoms with E-state index in [4.69, 9.17) is 0 Å². The van der Waals surface area contributed by atoms with Crippen LogP contribution in [0.15, 0.2) is 22.7 Å². The number of hydrogen-bond donors (Lipinski definition) is 2. The van der Waals surface area contributed by atoms with E-state index in [1.54, 1.807) is 0 Å². The van der Waals surface area contributed by atoms with Gasteiger partial charge in [-0.2, -0.15) is 0 Å². The van der Waals surface area contributed by atoms with E-state index in [0.717, 1.165) is 17.4 Å². The third kappa shape index (κ3) is 2.56. The first-order valence-corrected chi connectivity index (χ1v) is 6.87. The number of aryl methyl sites for hydroxylation is 1. The average Bonchev–Trinajstić information content (AvgIpc) is 2.26. The lowest BCUT2D eigenvalue weighted by atomic mass is 9.64. The van der Waals surface area contributed by atoms with Crippen molar-refractivity contribution in [3.05, 3.63) is 33.8 Å². The molecule has 1 aliphatic carbocycles. The lowest BCUT2D eigenvalue weighted by Gasteiger charge is -2.49. The number of hydrogen-bond acceptors (Lipinski definition) is 2. The quantitative estimate of drug-likeness (QED) is 0.899. The summed E-state index contributed by atoms with van der Waals surface area (Å²) >= 11 is 3.59. The highest BCUT2D eigenvalue weighted by atomic mass is 79.9. The molecule has 2 unspecified atom stereocenters. The van der Waals surface area contributed by atoms with Gasteiger partial charge in [0.1, 0.15) is 0 Å². The SMILES string of the molecule is Cc1ccc(CNC2CC(O)C2(C)C)c(Br)c1. The van der Waals surface area contributed by atoms with E-state index in [-0.39, 0.29) is 11.5 Å². The molecule has 94 valence electrons. The molecule has 1 aromatic carbocycles. The molecule has 0 spiro atoms. The summed E-state index contributed by atoms with van der Waals surface area (Å²) in [5, 5.41) is 13.2. The fourth-order valence-electron chi connectivity index (χ4n) is 2.28. The Kier molecular flexibility index (Phi) is 3.62. The van der Waals surface area contributed by atoms with Crippen LogP contribution in [-0.2, 0) is 6.54 Å². The molecule has 0 aromatic heterocycles. The van der Waals surface area contributed by atoms with Crippen LogP contribution in [-0.4, -0.2) is 17.3 Å². The normalized spacial score (nSPS) is 26.6. The summed E-state index contributed by atoms with van der Waals surface area (Å²) in [5.41, 5.74) is 2.53. The van der Waals surface area contributed by atoms with Crippen molar-refractivity contribution in [1.29, 1.82) is 0 Å². The van der Waals surface area contributed by atoms with Crippen LogP contribution in [0.25, 0.3) is 0 Å². The molecule has 17 heavy (non-hydrogen) atoms. The number of aliphatic hydroxyl groups is 1. The van der Waals surface area contributed by atoms with Gasteiger partial charge in [-0.05, 0) is 30.5 Å². The van der Waals surface area contributed by atoms with Crippen molar-refractivity contribution in [1.82, 2.24) is 5.32 Å². The molecule has 2 atom stereocenters. The maximum absolute atomic E-state index is 9.69. The molecule has 0 amide bonds. The van der Waals surface area contributed by atoms with E-state index < -0.39 is 0 Å². The number of benzene rings is 1. The van der Waals surface area contributed by atoms with Gasteiger partial charge < -0.3 is 10.4 Å². The Bertz CT molecular complexity index is 417. The minimum Gasteiger partial charge on any atom is -0.392 e. The molecule has 1 saturated carbocycles. The molecule has 0 bridgehead atoms. The second-order valence-corrected chi connectivity index (χ2v) is 6.46. The Morgan fingerprint density at radius 1 is 1.47 bits per heavy atom. The maximum atomic E-state index is 9.69. The zero-order valence-electron chi connectivity index (χ0n) is 10.6. The molecule has 2 N–H and O–H groups in total. The standard InChI is InChI=1S/C14H20BrNO/c1-9-4-5-10(11(15)6-9)8-16-12-7-13(17)14(12,2)3/h4-6,12-13,16-17H,7-8H2,1-3H3. The van der Waals surface area contributed by atoms with Crippen molar-refractivity contribution in [3.8, 4) is 0 Å². The van der Waals surface area contributed by atoms with E-state index in [2.05, 4.69) is 60.2 Å². The summed E-state index contributed by atoms with van der Waals surface area (Å²) in [6.45, 7) is 7.17. The zero-order valence-corrected chi connectivity index (χ0v) is 12.2. The highest BCUT2D eigenvalue weighted by Crippen LogP contribution is 2.40. The molecule has 3 heteroatoms. The second kappa shape index (κ2) is 4.71. The van der Waals surface area contributed by atoms with Crippen LogP contribution in [0.1, 0.15) is 31.4 Å². The molecule has 1 fully saturated rings. The molecule has 2 nitrogen and oxygen atoms in total. The summed E-state index contributed by atoms with van der Waals surface area (Å²) in [4.78, 5) is 0. The van der Waals surface area contributed by atoms with E-state index >= 15 is 0 Å². The van der Waals surface area contributed by atoms with Crippen molar-refractivity contribution in [2.45, 2.75) is 45.9 Å². The highest BCUT2D eigenvalue weighted by Gasteiger charge is 2.46. The van der Waals surface area contributed by atoms with Crippen LogP contribution in [0, 0.1) is 12.3 Å². The fraction of sp³-hybridized carbons (Fsp3) is 0.571. The predicted octanol–water partition coefficient (Wildman–Crippen LogP) is 3.01. The van der Waals surface area contributed by atoms with Gasteiger partial charge in [0.05, 0.1) is 6.10 Å². The summed E-state index contributed by atoms with van der Waals surface area (Å²) in [7, 11) is 0. The second-order valence-electron chi connectivity index (χ2n) is 5.60. The Hall–Kier alpha value is -0.380. The molecule has 0 heterocycles. The van der Waals surface area contributed by atoms with E-state index in [0.29, 0.717) is 6.04 Å². The van der Waals surface area contributed by atoms with Gasteiger partial charge in [0.2, 0.25) is 0 Å². The number of rotatable bonds is 3. The minimum absolute atomic E-state index is 0.00280. The number of halogens is 1. The predicted molar refractivity (Wildman–Crippen MR) is 73.9 cm³/mol. The zero-order chi connectivity index (χ0) is 12.6. The Morgan fingerprint density at radius 2 is 2.18 bits per heavy atom. The molecule has 2 rings (SSSR count). The smallest absolute Gasteiger partial charge is 0.0621 e. The van der Waals surface area contributed by atoms with Crippen molar-refractivity contribution in [2.24, 2.45) is 5.41 Å². The van der Waals surface area contributed by atoms with Gasteiger partial charge in [-0.3, -0.25) is 0 Å². The van der Waals surface area contributed by atoms with Gasteiger partial charge in [0.15, 0.2) is 0 Å². The molecule has 1 aromatic rings. The molecular formula is C14H20BrNO. The lowest BCUT2D eigenvalue weighted by molar-refractivity contribution is -0.0730. The van der Waals surface area contributed by atoms with Gasteiger partial charge in [-0.1, -0.05) is 41.9 Å². The van der Waals surface area contributed by atoms with E-state index in [1.165, 1.54) is 11.1 Å². The summed E-state index contributed by atoms with van der Waals surface area (Å²) < 4.78 is 1.16. The molecule has 0 radical (unpaired) electrons. The molecule has 0 aliphatic heterocycles. The first-order chi connectivity index (χ1) is 7.91. The highest BCUT2D eigenvalue weighted by molar-refractivity contribution is 9.10. The Morgan fingerprint density at radius 3 is 2.71 bits per heavy atom. The van der Waals surface area contributed by atoms with Gasteiger partial charge >= 0.3 is 0 Å². The fourth-order valence-corrected chi connectivity index (χ4v) is 2.91. The summed E-state index contributed by atoms with van der Waals surface area (Å²) in [6.07, 6.45) is 0.692. The van der Waals surface area contributed by atoms with Crippen molar-refractivity contribution >= 4 is 15.9 Å². The number of aliphatic hydroxyl groups excluding tert-OH is 1. The monoisotopic (exact) mass is 297 g/mol. The van der Waals surface area contributed by atoms with Crippen LogP contribution in [0.5, 0.6) is 0 Å². The van der Waals surface area contributed by atoms with Crippen LogP contribution in [0.2, 0.25) is 0 Å². The first kappa shape index (κ1) is 13.1. The maximum Gasteiger partial charge on any atom is 0.0621 e.